The van der Waals surface area contributed by atoms with Crippen molar-refractivity contribution < 1.29 is 8.42 Å². The normalized spacial score (nSPS) is 38.2. The number of H-pyrrole nitrogens is 1. The summed E-state index contributed by atoms with van der Waals surface area (Å²) >= 11 is 0. The Kier molecular flexibility index (Phi) is 2.59. The summed E-state index contributed by atoms with van der Waals surface area (Å²) in [6.07, 6.45) is 3.87. The summed E-state index contributed by atoms with van der Waals surface area (Å²) in [5.41, 5.74) is 6.56. The van der Waals surface area contributed by atoms with Crippen LogP contribution in [0.15, 0.2) is 4.90 Å². The fraction of sp³-hybridized carbons (Fsp3) is 0.769. The molecule has 3 aliphatic rings. The van der Waals surface area contributed by atoms with Crippen LogP contribution in [0.3, 0.4) is 0 Å². The number of fused-ring (bicyclic) bond motifs is 5. The topological polar surface area (TPSA) is 101 Å². The molecule has 0 saturated heterocycles. The second-order valence-corrected chi connectivity index (χ2v) is 8.11. The predicted octanol–water partition coefficient (Wildman–Crippen LogP) is 0.500. The molecule has 3 aliphatic carbocycles. The highest BCUT2D eigenvalue weighted by Crippen LogP contribution is 2.65. The van der Waals surface area contributed by atoms with E-state index in [0.29, 0.717) is 23.2 Å². The first-order valence-electron chi connectivity index (χ1n) is 7.29. The number of aryl methyl sites for hydroxylation is 1. The van der Waals surface area contributed by atoms with Gasteiger partial charge in [0.05, 0.1) is 11.4 Å². The van der Waals surface area contributed by atoms with Crippen LogP contribution in [0.4, 0.5) is 0 Å². The van der Waals surface area contributed by atoms with Gasteiger partial charge in [0.25, 0.3) is 0 Å². The number of sulfonamides is 1. The lowest BCUT2D eigenvalue weighted by molar-refractivity contribution is 0.456. The average molecular weight is 296 g/mol. The maximum absolute atomic E-state index is 12.6. The van der Waals surface area contributed by atoms with Gasteiger partial charge in [0.2, 0.25) is 10.0 Å². The van der Waals surface area contributed by atoms with E-state index in [0.717, 1.165) is 11.8 Å². The summed E-state index contributed by atoms with van der Waals surface area (Å²) in [6, 6.07) is 0.145. The summed E-state index contributed by atoms with van der Waals surface area (Å²) in [7, 11) is -3.51. The first-order chi connectivity index (χ1) is 9.53. The Morgan fingerprint density at radius 2 is 2.00 bits per heavy atom. The Labute approximate surface area is 118 Å². The predicted molar refractivity (Wildman–Crippen MR) is 73.1 cm³/mol. The number of nitrogens with one attached hydrogen (secondary N) is 2. The average Bonchev–Trinajstić information content (AvgIpc) is 2.81. The highest BCUT2D eigenvalue weighted by atomic mass is 32.2. The van der Waals surface area contributed by atoms with Gasteiger partial charge in [-0.25, -0.2) is 13.1 Å². The zero-order valence-electron chi connectivity index (χ0n) is 11.5. The zero-order valence-corrected chi connectivity index (χ0v) is 12.3. The van der Waals surface area contributed by atoms with Crippen LogP contribution in [0.25, 0.3) is 0 Å². The number of aromatic amines is 1. The molecular weight excluding hydrogens is 276 g/mol. The maximum Gasteiger partial charge on any atom is 0.244 e. The summed E-state index contributed by atoms with van der Waals surface area (Å²) in [5.74, 6) is 2.66. The Morgan fingerprint density at radius 1 is 1.35 bits per heavy atom. The van der Waals surface area contributed by atoms with Gasteiger partial charge in [-0.3, -0.25) is 5.10 Å². The van der Waals surface area contributed by atoms with Crippen molar-refractivity contribution in [1.29, 1.82) is 0 Å². The van der Waals surface area contributed by atoms with Crippen molar-refractivity contribution in [2.45, 2.75) is 43.7 Å². The molecule has 7 heteroatoms. The smallest absolute Gasteiger partial charge is 0.244 e. The first kappa shape index (κ1) is 12.8. The van der Waals surface area contributed by atoms with Crippen LogP contribution in [-0.4, -0.2) is 24.7 Å². The van der Waals surface area contributed by atoms with E-state index in [9.17, 15) is 8.42 Å². The van der Waals surface area contributed by atoms with Crippen molar-refractivity contribution in [3.8, 4) is 0 Å². The minimum Gasteiger partial charge on any atom is -0.325 e. The van der Waals surface area contributed by atoms with Crippen molar-refractivity contribution >= 4 is 10.0 Å². The van der Waals surface area contributed by atoms with Crippen LogP contribution < -0.4 is 10.5 Å². The third-order valence-corrected chi connectivity index (χ3v) is 7.11. The lowest BCUT2D eigenvalue weighted by Gasteiger charge is -2.11. The molecule has 1 heterocycles. The van der Waals surface area contributed by atoms with Gasteiger partial charge in [0, 0.05) is 12.6 Å². The fourth-order valence-electron chi connectivity index (χ4n) is 4.69. The molecule has 4 atom stereocenters. The van der Waals surface area contributed by atoms with Gasteiger partial charge in [0.1, 0.15) is 4.90 Å². The van der Waals surface area contributed by atoms with Crippen molar-refractivity contribution in [3.63, 3.8) is 0 Å². The van der Waals surface area contributed by atoms with E-state index in [1.54, 1.807) is 6.92 Å². The lowest BCUT2D eigenvalue weighted by atomic mass is 10.0. The maximum atomic E-state index is 12.6. The molecule has 110 valence electrons. The lowest BCUT2D eigenvalue weighted by Crippen LogP contribution is -2.31. The highest BCUT2D eigenvalue weighted by Gasteiger charge is 2.65. The van der Waals surface area contributed by atoms with Gasteiger partial charge >= 0.3 is 0 Å². The molecular formula is C13H20N4O2S. The third-order valence-electron chi connectivity index (χ3n) is 5.45. The monoisotopic (exact) mass is 296 g/mol. The van der Waals surface area contributed by atoms with Crippen molar-refractivity contribution in [2.75, 3.05) is 0 Å². The number of rotatable bonds is 4. The summed E-state index contributed by atoms with van der Waals surface area (Å²) in [4.78, 5) is 0.248. The van der Waals surface area contributed by atoms with Gasteiger partial charge in [-0.1, -0.05) is 0 Å². The number of hydrogen-bond donors (Lipinski definition) is 3. The fourth-order valence-corrected chi connectivity index (χ4v) is 6.36. The second kappa shape index (κ2) is 4.05. The van der Waals surface area contributed by atoms with E-state index in [-0.39, 0.29) is 17.5 Å². The molecule has 0 amide bonds. The van der Waals surface area contributed by atoms with E-state index in [4.69, 9.17) is 5.73 Å². The van der Waals surface area contributed by atoms with Gasteiger partial charge < -0.3 is 5.73 Å². The van der Waals surface area contributed by atoms with Gasteiger partial charge in [-0.05, 0) is 49.9 Å². The summed E-state index contributed by atoms with van der Waals surface area (Å²) in [6.45, 7) is 1.85. The number of nitrogens with two attached hydrogens (primary N) is 1. The van der Waals surface area contributed by atoms with Crippen LogP contribution >= 0.6 is 0 Å². The third kappa shape index (κ3) is 1.63. The molecule has 1 aromatic heterocycles. The Morgan fingerprint density at radius 3 is 2.60 bits per heavy atom. The van der Waals surface area contributed by atoms with Crippen LogP contribution in [0, 0.1) is 30.6 Å². The molecule has 20 heavy (non-hydrogen) atoms. The number of aromatic nitrogens is 2. The molecule has 0 spiro atoms. The minimum absolute atomic E-state index is 0.128. The second-order valence-electron chi connectivity index (χ2n) is 6.46. The van der Waals surface area contributed by atoms with E-state index in [1.165, 1.54) is 19.3 Å². The van der Waals surface area contributed by atoms with Crippen LogP contribution in [0.2, 0.25) is 0 Å². The first-order valence-corrected chi connectivity index (χ1v) is 8.77. The molecule has 4 rings (SSSR count). The van der Waals surface area contributed by atoms with Crippen LogP contribution in [-0.2, 0) is 16.6 Å². The molecule has 6 nitrogen and oxygen atoms in total. The quantitative estimate of drug-likeness (QED) is 0.753. The molecule has 0 aromatic carbocycles. The van der Waals surface area contributed by atoms with Crippen molar-refractivity contribution in [1.82, 2.24) is 14.9 Å². The van der Waals surface area contributed by atoms with Crippen LogP contribution in [0.1, 0.15) is 30.7 Å². The van der Waals surface area contributed by atoms with E-state index in [2.05, 4.69) is 14.9 Å². The molecule has 1 aromatic rings. The number of nitrogens with zero attached hydrogens (tertiary/aromatic N) is 1. The van der Waals surface area contributed by atoms with Crippen LogP contribution in [0.5, 0.6) is 0 Å². The molecule has 4 unspecified atom stereocenters. The standard InChI is InChI=1S/C13H20N4O2S/c1-6-13(9(5-14)16-15-6)20(18,19)17-12-10-7-2-3-8(4-7)11(10)12/h7-8,10-12,17H,2-5,14H2,1H3,(H,15,16). The Hall–Kier alpha value is -0.920. The molecule has 4 N–H and O–H groups in total. The minimum atomic E-state index is -3.51. The van der Waals surface area contributed by atoms with Gasteiger partial charge in [0.15, 0.2) is 0 Å². The van der Waals surface area contributed by atoms with Gasteiger partial charge in [-0.2, -0.15) is 5.10 Å². The van der Waals surface area contributed by atoms with E-state index < -0.39 is 10.0 Å². The summed E-state index contributed by atoms with van der Waals surface area (Å²) in [5, 5.41) is 6.69. The molecule has 0 aliphatic heterocycles. The molecule has 2 bridgehead atoms. The van der Waals surface area contributed by atoms with E-state index >= 15 is 0 Å². The Bertz CT molecular complexity index is 637. The highest BCUT2D eigenvalue weighted by molar-refractivity contribution is 7.89. The molecule has 3 saturated carbocycles. The largest absolute Gasteiger partial charge is 0.325 e. The molecule has 3 fully saturated rings. The molecule has 0 radical (unpaired) electrons. The SMILES string of the molecule is Cc1[nH]nc(CN)c1S(=O)(=O)NC1C2C3CCC(C3)C12. The van der Waals surface area contributed by atoms with E-state index in [1.807, 2.05) is 0 Å². The van der Waals surface area contributed by atoms with Crippen molar-refractivity contribution in [2.24, 2.45) is 29.4 Å². The summed E-state index contributed by atoms with van der Waals surface area (Å²) < 4.78 is 28.1. The number of hydrogen-bond acceptors (Lipinski definition) is 4. The zero-order chi connectivity index (χ0) is 14.1. The Balaban J connectivity index is 1.58. The van der Waals surface area contributed by atoms with Gasteiger partial charge in [-0.15, -0.1) is 0 Å². The van der Waals surface area contributed by atoms with Crippen molar-refractivity contribution in [3.05, 3.63) is 11.4 Å².